The van der Waals surface area contributed by atoms with E-state index < -0.39 is 24.2 Å². The van der Waals surface area contributed by atoms with Gasteiger partial charge in [0.1, 0.15) is 0 Å². The van der Waals surface area contributed by atoms with Gasteiger partial charge in [0, 0.05) is 19.0 Å². The van der Waals surface area contributed by atoms with Crippen LogP contribution in [-0.4, -0.2) is 42.1 Å². The molecule has 0 aromatic carbocycles. The molecule has 1 unspecified atom stereocenters. The normalized spacial score (nSPS) is 21.9. The molecule has 0 aliphatic carbocycles. The molecular weight excluding hydrogens is 300 g/mol. The zero-order valence-corrected chi connectivity index (χ0v) is 10.4. The second kappa shape index (κ2) is 5.76. The molecule has 9 heteroatoms. The first-order chi connectivity index (χ1) is 8.57. The van der Waals surface area contributed by atoms with Gasteiger partial charge in [-0.1, -0.05) is 0 Å². The van der Waals surface area contributed by atoms with Crippen LogP contribution in [0.2, 0.25) is 0 Å². The second-order valence-corrected chi connectivity index (χ2v) is 4.77. The summed E-state index contributed by atoms with van der Waals surface area (Å²) in [6, 6.07) is 0. The quantitative estimate of drug-likeness (QED) is 0.566. The summed E-state index contributed by atoms with van der Waals surface area (Å²) >= 11 is 5.53. The number of halogens is 7. The SMILES string of the molecule is O=C(C(C(F)(F)F)C(F)(F)F)N1CCCC(CCl)C1. The van der Waals surface area contributed by atoms with E-state index in [-0.39, 0.29) is 24.9 Å². The molecule has 1 atom stereocenters. The standard InChI is InChI=1S/C10H12ClF6NO/c11-4-6-2-1-3-18(5-6)8(19)7(9(12,13)14)10(15,16)17/h6-7H,1-5H2. The van der Waals surface area contributed by atoms with Crippen LogP contribution in [0.15, 0.2) is 0 Å². The van der Waals surface area contributed by atoms with Crippen LogP contribution in [0.4, 0.5) is 26.3 Å². The maximum absolute atomic E-state index is 12.4. The largest absolute Gasteiger partial charge is 0.409 e. The van der Waals surface area contributed by atoms with Gasteiger partial charge in [0.15, 0.2) is 0 Å². The average Bonchev–Trinajstić information content (AvgIpc) is 2.25. The summed E-state index contributed by atoms with van der Waals surface area (Å²) < 4.78 is 74.4. The first-order valence-electron chi connectivity index (χ1n) is 5.55. The number of alkyl halides is 7. The van der Waals surface area contributed by atoms with Crippen molar-refractivity contribution in [3.63, 3.8) is 0 Å². The Kier molecular flexibility index (Phi) is 4.97. The van der Waals surface area contributed by atoms with E-state index in [1.165, 1.54) is 0 Å². The molecule has 0 N–H and O–H groups in total. The molecule has 1 aliphatic heterocycles. The predicted molar refractivity (Wildman–Crippen MR) is 55.6 cm³/mol. The number of hydrogen-bond acceptors (Lipinski definition) is 1. The van der Waals surface area contributed by atoms with Gasteiger partial charge in [-0.3, -0.25) is 4.79 Å². The lowest BCUT2D eigenvalue weighted by Crippen LogP contribution is -2.52. The summed E-state index contributed by atoms with van der Waals surface area (Å²) in [5.74, 6) is -6.04. The summed E-state index contributed by atoms with van der Waals surface area (Å²) in [6.07, 6.45) is -10.3. The van der Waals surface area contributed by atoms with Crippen LogP contribution in [0.25, 0.3) is 0 Å². The third-order valence-electron chi connectivity index (χ3n) is 2.95. The van der Waals surface area contributed by atoms with Gasteiger partial charge in [0.05, 0.1) is 0 Å². The molecule has 1 fully saturated rings. The highest BCUT2D eigenvalue weighted by Gasteiger charge is 2.62. The van der Waals surface area contributed by atoms with Gasteiger partial charge in [0.2, 0.25) is 11.8 Å². The van der Waals surface area contributed by atoms with Gasteiger partial charge >= 0.3 is 12.4 Å². The molecule has 0 bridgehead atoms. The van der Waals surface area contributed by atoms with E-state index >= 15 is 0 Å². The van der Waals surface area contributed by atoms with Gasteiger partial charge in [-0.25, -0.2) is 0 Å². The van der Waals surface area contributed by atoms with Crippen molar-refractivity contribution in [3.05, 3.63) is 0 Å². The van der Waals surface area contributed by atoms with E-state index in [2.05, 4.69) is 0 Å². The van der Waals surface area contributed by atoms with E-state index in [9.17, 15) is 31.1 Å². The van der Waals surface area contributed by atoms with Gasteiger partial charge in [-0.05, 0) is 18.8 Å². The first-order valence-corrected chi connectivity index (χ1v) is 6.09. The van der Waals surface area contributed by atoms with E-state index in [0.717, 1.165) is 0 Å². The van der Waals surface area contributed by atoms with Gasteiger partial charge in [0.25, 0.3) is 0 Å². The predicted octanol–water partition coefficient (Wildman–Crippen LogP) is 3.20. The lowest BCUT2D eigenvalue weighted by Gasteiger charge is -2.35. The van der Waals surface area contributed by atoms with Crippen LogP contribution >= 0.6 is 11.6 Å². The van der Waals surface area contributed by atoms with Gasteiger partial charge in [-0.15, -0.1) is 11.6 Å². The van der Waals surface area contributed by atoms with Crippen molar-refractivity contribution in [1.29, 1.82) is 0 Å². The molecule has 19 heavy (non-hydrogen) atoms. The molecule has 0 radical (unpaired) electrons. The number of piperidine rings is 1. The lowest BCUT2D eigenvalue weighted by atomic mass is 9.97. The number of rotatable bonds is 2. The highest BCUT2D eigenvalue weighted by molar-refractivity contribution is 6.18. The maximum Gasteiger partial charge on any atom is 0.409 e. The average molecular weight is 312 g/mol. The van der Waals surface area contributed by atoms with E-state index in [4.69, 9.17) is 11.6 Å². The van der Waals surface area contributed by atoms with Crippen LogP contribution in [0.3, 0.4) is 0 Å². The zero-order chi connectivity index (χ0) is 14.8. The third-order valence-corrected chi connectivity index (χ3v) is 3.39. The molecule has 1 rings (SSSR count). The molecule has 0 aromatic rings. The molecule has 0 saturated carbocycles. The first kappa shape index (κ1) is 16.4. The molecular formula is C10H12ClF6NO. The van der Waals surface area contributed by atoms with Crippen molar-refractivity contribution in [3.8, 4) is 0 Å². The minimum atomic E-state index is -5.64. The van der Waals surface area contributed by atoms with E-state index in [1.807, 2.05) is 0 Å². The molecule has 1 heterocycles. The maximum atomic E-state index is 12.4. The number of carbonyl (C=O) groups is 1. The molecule has 2 nitrogen and oxygen atoms in total. The van der Waals surface area contributed by atoms with Crippen LogP contribution in [0, 0.1) is 11.8 Å². The van der Waals surface area contributed by atoms with Crippen molar-refractivity contribution in [2.45, 2.75) is 25.2 Å². The summed E-state index contributed by atoms with van der Waals surface area (Å²) in [7, 11) is 0. The lowest BCUT2D eigenvalue weighted by molar-refractivity contribution is -0.278. The number of carbonyl (C=O) groups excluding carboxylic acids is 1. The summed E-state index contributed by atoms with van der Waals surface area (Å²) in [5.41, 5.74) is 0. The summed E-state index contributed by atoms with van der Waals surface area (Å²) in [5, 5.41) is 0. The molecule has 112 valence electrons. The molecule has 1 saturated heterocycles. The Balaban J connectivity index is 2.88. The molecule has 0 spiro atoms. The van der Waals surface area contributed by atoms with Crippen LogP contribution in [-0.2, 0) is 4.79 Å². The fourth-order valence-electron chi connectivity index (χ4n) is 2.04. The fourth-order valence-corrected chi connectivity index (χ4v) is 2.29. The number of hydrogen-bond donors (Lipinski definition) is 0. The van der Waals surface area contributed by atoms with Gasteiger partial charge in [-0.2, -0.15) is 26.3 Å². The molecule has 1 amide bonds. The van der Waals surface area contributed by atoms with Crippen LogP contribution in [0.5, 0.6) is 0 Å². The highest BCUT2D eigenvalue weighted by atomic mass is 35.5. The minimum absolute atomic E-state index is 0.102. The minimum Gasteiger partial charge on any atom is -0.342 e. The van der Waals surface area contributed by atoms with Crippen molar-refractivity contribution >= 4 is 17.5 Å². The Morgan fingerprint density at radius 3 is 2.16 bits per heavy atom. The Morgan fingerprint density at radius 1 is 1.21 bits per heavy atom. The zero-order valence-electron chi connectivity index (χ0n) is 9.69. The van der Waals surface area contributed by atoms with Crippen molar-refractivity contribution in [2.24, 2.45) is 11.8 Å². The number of nitrogens with zero attached hydrogens (tertiary/aromatic N) is 1. The number of likely N-dealkylation sites (tertiary alicyclic amines) is 1. The van der Waals surface area contributed by atoms with E-state index in [0.29, 0.717) is 17.7 Å². The number of amides is 1. The van der Waals surface area contributed by atoms with Crippen molar-refractivity contribution in [2.75, 3.05) is 19.0 Å². The highest BCUT2D eigenvalue weighted by Crippen LogP contribution is 2.40. The van der Waals surface area contributed by atoms with Crippen LogP contribution in [0.1, 0.15) is 12.8 Å². The molecule has 0 aromatic heterocycles. The van der Waals surface area contributed by atoms with Gasteiger partial charge < -0.3 is 4.90 Å². The Bertz CT molecular complexity index is 315. The Hall–Kier alpha value is -0.660. The van der Waals surface area contributed by atoms with Crippen molar-refractivity contribution in [1.82, 2.24) is 4.90 Å². The molecule has 1 aliphatic rings. The second-order valence-electron chi connectivity index (χ2n) is 4.46. The Morgan fingerprint density at radius 2 is 1.74 bits per heavy atom. The Labute approximate surface area is 110 Å². The van der Waals surface area contributed by atoms with E-state index in [1.54, 1.807) is 0 Å². The smallest absolute Gasteiger partial charge is 0.342 e. The summed E-state index contributed by atoms with van der Waals surface area (Å²) in [6.45, 7) is -0.264. The fraction of sp³-hybridized carbons (Fsp3) is 0.900. The summed E-state index contributed by atoms with van der Waals surface area (Å²) in [4.78, 5) is 12.1. The van der Waals surface area contributed by atoms with Crippen molar-refractivity contribution < 1.29 is 31.1 Å². The topological polar surface area (TPSA) is 20.3 Å². The monoisotopic (exact) mass is 311 g/mol. The third kappa shape index (κ3) is 4.15. The van der Waals surface area contributed by atoms with Crippen LogP contribution < -0.4 is 0 Å².